The van der Waals surface area contributed by atoms with Gasteiger partial charge >= 0.3 is 6.01 Å². The zero-order valence-electron chi connectivity index (χ0n) is 11.7. The van der Waals surface area contributed by atoms with Crippen LogP contribution in [0, 0.1) is 12.7 Å². The number of hydrogen-bond acceptors (Lipinski definition) is 6. The molecule has 0 amide bonds. The molecule has 0 aliphatic carbocycles. The van der Waals surface area contributed by atoms with Crippen LogP contribution in [0.3, 0.4) is 0 Å². The SMILES string of the molecule is CCOc1nc(C)c(N)c(NCc2ncc(Br)cc2F)n1. The summed E-state index contributed by atoms with van der Waals surface area (Å²) >= 11 is 3.16. The van der Waals surface area contributed by atoms with E-state index >= 15 is 0 Å². The Labute approximate surface area is 130 Å². The van der Waals surface area contributed by atoms with Crippen LogP contribution in [0.2, 0.25) is 0 Å². The summed E-state index contributed by atoms with van der Waals surface area (Å²) in [5.74, 6) is -0.0127. The maximum Gasteiger partial charge on any atom is 0.318 e. The summed E-state index contributed by atoms with van der Waals surface area (Å²) in [5.41, 5.74) is 7.18. The van der Waals surface area contributed by atoms with Gasteiger partial charge in [0.15, 0.2) is 5.82 Å². The third-order valence-electron chi connectivity index (χ3n) is 2.70. The molecule has 0 atom stereocenters. The first-order valence-corrected chi connectivity index (χ1v) is 7.11. The maximum absolute atomic E-state index is 13.7. The van der Waals surface area contributed by atoms with E-state index in [1.165, 1.54) is 12.3 Å². The van der Waals surface area contributed by atoms with Crippen LogP contribution in [-0.2, 0) is 6.54 Å². The second kappa shape index (κ2) is 6.66. The van der Waals surface area contributed by atoms with Crippen LogP contribution in [0.15, 0.2) is 16.7 Å². The maximum atomic E-state index is 13.7. The van der Waals surface area contributed by atoms with Gasteiger partial charge in [0.05, 0.1) is 30.2 Å². The summed E-state index contributed by atoms with van der Waals surface area (Å²) in [6.45, 7) is 4.20. The highest BCUT2D eigenvalue weighted by atomic mass is 79.9. The van der Waals surface area contributed by atoms with E-state index in [1.807, 2.05) is 6.92 Å². The van der Waals surface area contributed by atoms with Crippen LogP contribution in [0.4, 0.5) is 15.9 Å². The molecule has 3 N–H and O–H groups in total. The predicted octanol–water partition coefficient (Wildman–Crippen LogP) is 2.67. The number of nitrogens with two attached hydrogens (primary N) is 1. The molecule has 0 spiro atoms. The number of nitrogen functional groups attached to an aromatic ring is 1. The Morgan fingerprint density at radius 2 is 2.19 bits per heavy atom. The van der Waals surface area contributed by atoms with Gasteiger partial charge in [-0.15, -0.1) is 0 Å². The summed E-state index contributed by atoms with van der Waals surface area (Å²) in [6, 6.07) is 1.58. The fourth-order valence-corrected chi connectivity index (χ4v) is 1.93. The minimum atomic E-state index is -0.411. The molecule has 8 heteroatoms. The molecule has 0 unspecified atom stereocenters. The standard InChI is InChI=1S/C13H15BrFN5O/c1-3-21-13-19-7(2)11(16)12(20-13)18-6-10-9(15)4-8(14)5-17-10/h4-5H,3,6,16H2,1-2H3,(H,18,19,20). The molecule has 0 fully saturated rings. The molecule has 6 nitrogen and oxygen atoms in total. The molecule has 21 heavy (non-hydrogen) atoms. The number of pyridine rings is 1. The van der Waals surface area contributed by atoms with Crippen molar-refractivity contribution in [1.82, 2.24) is 15.0 Å². The minimum absolute atomic E-state index is 0.158. The molecule has 0 bridgehead atoms. The van der Waals surface area contributed by atoms with Crippen LogP contribution in [0.5, 0.6) is 6.01 Å². The predicted molar refractivity (Wildman–Crippen MR) is 81.6 cm³/mol. The number of nitrogens with zero attached hydrogens (tertiary/aromatic N) is 3. The van der Waals surface area contributed by atoms with Crippen molar-refractivity contribution < 1.29 is 9.13 Å². The summed E-state index contributed by atoms with van der Waals surface area (Å²) in [5, 5.41) is 2.96. The molecule has 0 aromatic carbocycles. The molecule has 112 valence electrons. The van der Waals surface area contributed by atoms with Gasteiger partial charge in [0.25, 0.3) is 0 Å². The van der Waals surface area contributed by atoms with Crippen molar-refractivity contribution in [3.05, 3.63) is 33.9 Å². The highest BCUT2D eigenvalue weighted by Gasteiger charge is 2.11. The van der Waals surface area contributed by atoms with Crippen molar-refractivity contribution in [2.45, 2.75) is 20.4 Å². The number of aryl methyl sites for hydroxylation is 1. The van der Waals surface area contributed by atoms with E-state index in [9.17, 15) is 4.39 Å². The first kappa shape index (κ1) is 15.4. The summed E-state index contributed by atoms with van der Waals surface area (Å²) < 4.78 is 19.6. The van der Waals surface area contributed by atoms with Gasteiger partial charge in [-0.1, -0.05) is 0 Å². The van der Waals surface area contributed by atoms with Gasteiger partial charge in [-0.25, -0.2) is 4.39 Å². The first-order valence-electron chi connectivity index (χ1n) is 6.32. The lowest BCUT2D eigenvalue weighted by molar-refractivity contribution is 0.312. The van der Waals surface area contributed by atoms with E-state index in [1.54, 1.807) is 6.92 Å². The number of anilines is 2. The van der Waals surface area contributed by atoms with E-state index in [0.717, 1.165) is 0 Å². The van der Waals surface area contributed by atoms with Crippen molar-refractivity contribution in [2.24, 2.45) is 0 Å². The molecule has 0 saturated carbocycles. The highest BCUT2D eigenvalue weighted by Crippen LogP contribution is 2.22. The Bertz CT molecular complexity index is 653. The van der Waals surface area contributed by atoms with Crippen LogP contribution >= 0.6 is 15.9 Å². The Kier molecular flexibility index (Phi) is 4.89. The van der Waals surface area contributed by atoms with E-state index in [2.05, 4.69) is 36.2 Å². The zero-order chi connectivity index (χ0) is 15.4. The average molecular weight is 356 g/mol. The lowest BCUT2D eigenvalue weighted by Crippen LogP contribution is -2.11. The summed E-state index contributed by atoms with van der Waals surface area (Å²) in [4.78, 5) is 12.3. The van der Waals surface area contributed by atoms with Gasteiger partial charge in [0.2, 0.25) is 0 Å². The second-order valence-electron chi connectivity index (χ2n) is 4.22. The molecule has 0 saturated heterocycles. The van der Waals surface area contributed by atoms with Gasteiger partial charge in [-0.3, -0.25) is 4.98 Å². The fraction of sp³-hybridized carbons (Fsp3) is 0.308. The van der Waals surface area contributed by atoms with Crippen molar-refractivity contribution in [3.8, 4) is 6.01 Å². The van der Waals surface area contributed by atoms with E-state index in [4.69, 9.17) is 10.5 Å². The molecular weight excluding hydrogens is 341 g/mol. The molecule has 2 heterocycles. The Morgan fingerprint density at radius 1 is 1.43 bits per heavy atom. The summed E-state index contributed by atoms with van der Waals surface area (Å²) in [7, 11) is 0. The largest absolute Gasteiger partial charge is 0.464 e. The Hall–Kier alpha value is -1.96. The quantitative estimate of drug-likeness (QED) is 0.857. The van der Waals surface area contributed by atoms with Crippen LogP contribution in [-0.4, -0.2) is 21.6 Å². The topological polar surface area (TPSA) is 86.0 Å². The molecule has 2 aromatic rings. The minimum Gasteiger partial charge on any atom is -0.464 e. The second-order valence-corrected chi connectivity index (χ2v) is 5.14. The van der Waals surface area contributed by atoms with Gasteiger partial charge in [0, 0.05) is 10.7 Å². The number of halogens is 2. The van der Waals surface area contributed by atoms with E-state index in [-0.39, 0.29) is 18.2 Å². The van der Waals surface area contributed by atoms with Crippen molar-refractivity contribution in [2.75, 3.05) is 17.7 Å². The number of hydrogen-bond donors (Lipinski definition) is 2. The molecular formula is C13H15BrFN5O. The normalized spacial score (nSPS) is 10.5. The lowest BCUT2D eigenvalue weighted by Gasteiger charge is -2.12. The van der Waals surface area contributed by atoms with Gasteiger partial charge in [-0.2, -0.15) is 9.97 Å². The number of nitrogens with one attached hydrogen (secondary N) is 1. The van der Waals surface area contributed by atoms with Crippen LogP contribution < -0.4 is 15.8 Å². The van der Waals surface area contributed by atoms with Gasteiger partial charge < -0.3 is 15.8 Å². The molecule has 0 aliphatic rings. The van der Waals surface area contributed by atoms with Crippen molar-refractivity contribution in [3.63, 3.8) is 0 Å². The first-order chi connectivity index (χ1) is 10.0. The van der Waals surface area contributed by atoms with Crippen molar-refractivity contribution in [1.29, 1.82) is 0 Å². The zero-order valence-corrected chi connectivity index (χ0v) is 13.2. The van der Waals surface area contributed by atoms with Gasteiger partial charge in [0.1, 0.15) is 5.82 Å². The molecule has 2 aromatic heterocycles. The van der Waals surface area contributed by atoms with Crippen LogP contribution in [0.1, 0.15) is 18.3 Å². The monoisotopic (exact) mass is 355 g/mol. The molecule has 0 radical (unpaired) electrons. The number of rotatable bonds is 5. The Balaban J connectivity index is 2.19. The lowest BCUT2D eigenvalue weighted by atomic mass is 10.3. The molecule has 0 aliphatic heterocycles. The van der Waals surface area contributed by atoms with Crippen molar-refractivity contribution >= 4 is 27.4 Å². The van der Waals surface area contributed by atoms with E-state index < -0.39 is 5.82 Å². The highest BCUT2D eigenvalue weighted by molar-refractivity contribution is 9.10. The number of aromatic nitrogens is 3. The van der Waals surface area contributed by atoms with Gasteiger partial charge in [-0.05, 0) is 35.8 Å². The fourth-order valence-electron chi connectivity index (χ4n) is 1.62. The Morgan fingerprint density at radius 3 is 2.86 bits per heavy atom. The number of ether oxygens (including phenoxy) is 1. The van der Waals surface area contributed by atoms with Crippen LogP contribution in [0.25, 0.3) is 0 Å². The third-order valence-corrected chi connectivity index (χ3v) is 3.13. The molecule has 2 rings (SSSR count). The van der Waals surface area contributed by atoms with E-state index in [0.29, 0.717) is 28.3 Å². The third kappa shape index (κ3) is 3.78. The average Bonchev–Trinajstić information content (AvgIpc) is 2.43. The smallest absolute Gasteiger partial charge is 0.318 e. The summed E-state index contributed by atoms with van der Waals surface area (Å²) in [6.07, 6.45) is 1.53.